The number of nitrogens with one attached hydrogen (secondary N) is 1. The Balaban J connectivity index is 1.98. The first kappa shape index (κ1) is 17.9. The van der Waals surface area contributed by atoms with E-state index in [1.807, 2.05) is 13.8 Å². The molecular formula is C20H20F3N3O. The Hall–Kier alpha value is -2.44. The molecule has 0 radical (unpaired) electrons. The number of nitrogens with zero attached hydrogens (tertiary/aromatic N) is 2. The first-order chi connectivity index (χ1) is 12.8. The van der Waals surface area contributed by atoms with Gasteiger partial charge in [0.25, 0.3) is 0 Å². The van der Waals surface area contributed by atoms with Gasteiger partial charge in [-0.15, -0.1) is 0 Å². The maximum atomic E-state index is 13.3. The Labute approximate surface area is 155 Å². The Morgan fingerprint density at radius 3 is 2.78 bits per heavy atom. The van der Waals surface area contributed by atoms with Gasteiger partial charge in [-0.05, 0) is 30.4 Å². The molecular weight excluding hydrogens is 355 g/mol. The van der Waals surface area contributed by atoms with E-state index in [0.717, 1.165) is 17.3 Å². The van der Waals surface area contributed by atoms with Crippen LogP contribution in [0.25, 0.3) is 0 Å². The van der Waals surface area contributed by atoms with Crippen LogP contribution in [0.5, 0.6) is 0 Å². The summed E-state index contributed by atoms with van der Waals surface area (Å²) < 4.78 is 40.0. The van der Waals surface area contributed by atoms with E-state index in [2.05, 4.69) is 15.5 Å². The number of allylic oxidation sites excluding steroid dienone is 2. The quantitative estimate of drug-likeness (QED) is 0.801. The SMILES string of the molecule is CCC1(c2cccc(C(F)(F)F)c2)C2=CN=NC2NC2=C1C(=O)CC(C)C2. The van der Waals surface area contributed by atoms with Crippen LogP contribution >= 0.6 is 0 Å². The molecule has 3 unspecified atom stereocenters. The number of azo groups is 1. The molecule has 0 saturated heterocycles. The van der Waals surface area contributed by atoms with Crippen LogP contribution < -0.4 is 5.32 Å². The van der Waals surface area contributed by atoms with Gasteiger partial charge in [0.15, 0.2) is 11.9 Å². The predicted octanol–water partition coefficient (Wildman–Crippen LogP) is 4.89. The van der Waals surface area contributed by atoms with Crippen LogP contribution in [0.4, 0.5) is 13.2 Å². The van der Waals surface area contributed by atoms with Gasteiger partial charge >= 0.3 is 6.18 Å². The van der Waals surface area contributed by atoms with Crippen molar-refractivity contribution in [2.75, 3.05) is 0 Å². The highest BCUT2D eigenvalue weighted by Gasteiger charge is 2.52. The molecule has 1 aromatic carbocycles. The van der Waals surface area contributed by atoms with E-state index in [1.54, 1.807) is 12.3 Å². The molecule has 1 aliphatic carbocycles. The lowest BCUT2D eigenvalue weighted by Crippen LogP contribution is -2.50. The van der Waals surface area contributed by atoms with Crippen molar-refractivity contribution in [1.82, 2.24) is 5.32 Å². The number of fused-ring (bicyclic) bond motifs is 1. The van der Waals surface area contributed by atoms with Gasteiger partial charge in [0.2, 0.25) is 0 Å². The molecule has 27 heavy (non-hydrogen) atoms. The van der Waals surface area contributed by atoms with E-state index < -0.39 is 23.3 Å². The Morgan fingerprint density at radius 2 is 2.07 bits per heavy atom. The lowest BCUT2D eigenvalue weighted by atomic mass is 9.60. The number of Topliss-reactive ketones (excluding diaryl/α,β-unsaturated/α-hetero) is 1. The minimum Gasteiger partial charge on any atom is -0.362 e. The molecule has 0 spiro atoms. The van der Waals surface area contributed by atoms with Gasteiger partial charge in [0.1, 0.15) is 0 Å². The summed E-state index contributed by atoms with van der Waals surface area (Å²) in [4.78, 5) is 13.0. The number of carbonyl (C=O) groups excluding carboxylic acids is 1. The third-order valence-corrected chi connectivity index (χ3v) is 5.78. The fourth-order valence-electron chi connectivity index (χ4n) is 4.65. The van der Waals surface area contributed by atoms with E-state index in [1.165, 1.54) is 12.1 Å². The molecule has 4 nitrogen and oxygen atoms in total. The van der Waals surface area contributed by atoms with Crippen molar-refractivity contribution in [1.29, 1.82) is 0 Å². The smallest absolute Gasteiger partial charge is 0.362 e. The second kappa shape index (κ2) is 6.04. The molecule has 0 bridgehead atoms. The zero-order valence-electron chi connectivity index (χ0n) is 15.1. The maximum Gasteiger partial charge on any atom is 0.416 e. The lowest BCUT2D eigenvalue weighted by Gasteiger charge is -2.46. The number of hydrogen-bond donors (Lipinski definition) is 1. The number of rotatable bonds is 2. The summed E-state index contributed by atoms with van der Waals surface area (Å²) in [6, 6.07) is 5.31. The van der Waals surface area contributed by atoms with Gasteiger partial charge in [-0.1, -0.05) is 32.0 Å². The molecule has 0 saturated carbocycles. The number of halogens is 3. The van der Waals surface area contributed by atoms with Gasteiger partial charge in [0.05, 0.1) is 17.2 Å². The van der Waals surface area contributed by atoms with E-state index in [4.69, 9.17) is 0 Å². The van der Waals surface area contributed by atoms with E-state index in [0.29, 0.717) is 30.4 Å². The summed E-state index contributed by atoms with van der Waals surface area (Å²) in [5.41, 5.74) is 0.936. The molecule has 0 amide bonds. The van der Waals surface area contributed by atoms with Crippen molar-refractivity contribution in [3.63, 3.8) is 0 Å². The second-order valence-corrected chi connectivity index (χ2v) is 7.49. The molecule has 2 heterocycles. The summed E-state index contributed by atoms with van der Waals surface area (Å²) in [5, 5.41) is 11.5. The van der Waals surface area contributed by atoms with Gasteiger partial charge < -0.3 is 5.32 Å². The zero-order valence-corrected chi connectivity index (χ0v) is 15.1. The van der Waals surface area contributed by atoms with Crippen molar-refractivity contribution in [3.8, 4) is 0 Å². The largest absolute Gasteiger partial charge is 0.416 e. The maximum absolute atomic E-state index is 13.3. The normalized spacial score (nSPS) is 30.0. The van der Waals surface area contributed by atoms with Crippen molar-refractivity contribution in [2.45, 2.75) is 50.9 Å². The molecule has 3 aliphatic rings. The van der Waals surface area contributed by atoms with E-state index in [-0.39, 0.29) is 11.7 Å². The average Bonchev–Trinajstić information content (AvgIpc) is 3.07. The van der Waals surface area contributed by atoms with Gasteiger partial charge in [-0.3, -0.25) is 4.79 Å². The third kappa shape index (κ3) is 2.63. The summed E-state index contributed by atoms with van der Waals surface area (Å²) in [5.74, 6) is 0.172. The highest BCUT2D eigenvalue weighted by Crippen LogP contribution is 2.52. The van der Waals surface area contributed by atoms with Gasteiger partial charge in [-0.2, -0.15) is 23.4 Å². The van der Waals surface area contributed by atoms with Crippen molar-refractivity contribution in [3.05, 3.63) is 58.4 Å². The fourth-order valence-corrected chi connectivity index (χ4v) is 4.65. The number of benzene rings is 1. The molecule has 7 heteroatoms. The van der Waals surface area contributed by atoms with Crippen LogP contribution in [0.3, 0.4) is 0 Å². The standard InChI is InChI=1S/C20H20F3N3O/c1-3-19(12-5-4-6-13(9-12)20(21,22)23)14-10-24-26-18(14)25-15-7-11(2)8-16(27)17(15)19/h4-6,9-11,18,25H,3,7-8H2,1-2H3. The summed E-state index contributed by atoms with van der Waals surface area (Å²) in [7, 11) is 0. The first-order valence-corrected chi connectivity index (χ1v) is 9.09. The minimum absolute atomic E-state index is 0.0123. The van der Waals surface area contributed by atoms with Crippen LogP contribution in [0, 0.1) is 5.92 Å². The van der Waals surface area contributed by atoms with Crippen molar-refractivity contribution in [2.24, 2.45) is 16.1 Å². The Kier molecular flexibility index (Phi) is 4.01. The summed E-state index contributed by atoms with van der Waals surface area (Å²) in [6.45, 7) is 3.90. The average molecular weight is 375 g/mol. The van der Waals surface area contributed by atoms with E-state index in [9.17, 15) is 18.0 Å². The Bertz CT molecular complexity index is 900. The molecule has 0 fully saturated rings. The molecule has 142 valence electrons. The fraction of sp³-hybridized carbons (Fsp3) is 0.450. The molecule has 3 atom stereocenters. The zero-order chi connectivity index (χ0) is 19.4. The molecule has 1 N–H and O–H groups in total. The third-order valence-electron chi connectivity index (χ3n) is 5.78. The second-order valence-electron chi connectivity index (χ2n) is 7.49. The predicted molar refractivity (Wildman–Crippen MR) is 93.7 cm³/mol. The van der Waals surface area contributed by atoms with Crippen LogP contribution in [-0.4, -0.2) is 11.9 Å². The first-order valence-electron chi connectivity index (χ1n) is 9.09. The summed E-state index contributed by atoms with van der Waals surface area (Å²) >= 11 is 0. The topological polar surface area (TPSA) is 53.8 Å². The minimum atomic E-state index is -4.45. The molecule has 1 aromatic rings. The van der Waals surface area contributed by atoms with Crippen molar-refractivity contribution >= 4 is 5.78 Å². The van der Waals surface area contributed by atoms with Crippen LogP contribution in [-0.2, 0) is 16.4 Å². The highest BCUT2D eigenvalue weighted by molar-refractivity contribution is 6.01. The van der Waals surface area contributed by atoms with Crippen molar-refractivity contribution < 1.29 is 18.0 Å². The number of hydrogen-bond acceptors (Lipinski definition) is 4. The number of ketones is 1. The lowest BCUT2D eigenvalue weighted by molar-refractivity contribution is -0.137. The number of alkyl halides is 3. The summed E-state index contributed by atoms with van der Waals surface area (Å²) in [6.07, 6.45) is -1.75. The van der Waals surface area contributed by atoms with Crippen LogP contribution in [0.1, 0.15) is 44.2 Å². The highest BCUT2D eigenvalue weighted by atomic mass is 19.4. The molecule has 4 rings (SSSR count). The monoisotopic (exact) mass is 375 g/mol. The molecule has 0 aromatic heterocycles. The van der Waals surface area contributed by atoms with Gasteiger partial charge in [-0.25, -0.2) is 0 Å². The molecule has 2 aliphatic heterocycles. The van der Waals surface area contributed by atoms with Crippen LogP contribution in [0.2, 0.25) is 0 Å². The Morgan fingerprint density at radius 1 is 1.30 bits per heavy atom. The van der Waals surface area contributed by atoms with E-state index >= 15 is 0 Å². The number of carbonyl (C=O) groups is 1. The van der Waals surface area contributed by atoms with Gasteiger partial charge in [0, 0.05) is 23.3 Å². The van der Waals surface area contributed by atoms with Crippen LogP contribution in [0.15, 0.2) is 57.5 Å².